The van der Waals surface area contributed by atoms with Gasteiger partial charge in [0.25, 0.3) is 11.6 Å². The van der Waals surface area contributed by atoms with Crippen molar-refractivity contribution < 1.29 is 19.6 Å². The molecule has 0 saturated carbocycles. The van der Waals surface area contributed by atoms with Gasteiger partial charge >= 0.3 is 0 Å². The SMILES string of the molecule is COc1ccccc1C=NNC(=O)c1cc([N+](=O)[O-])ccc1O. The number of phenolic OH excluding ortho intramolecular Hbond substituents is 1. The molecule has 0 aliphatic heterocycles. The number of aromatic hydroxyl groups is 1. The number of rotatable bonds is 5. The molecule has 2 aromatic rings. The van der Waals surface area contributed by atoms with Crippen LogP contribution in [0.3, 0.4) is 0 Å². The van der Waals surface area contributed by atoms with E-state index < -0.39 is 10.8 Å². The van der Waals surface area contributed by atoms with Crippen molar-refractivity contribution >= 4 is 17.8 Å². The molecule has 0 radical (unpaired) electrons. The normalized spacial score (nSPS) is 10.5. The van der Waals surface area contributed by atoms with Crippen molar-refractivity contribution in [2.24, 2.45) is 5.10 Å². The van der Waals surface area contributed by atoms with Crippen LogP contribution in [0.15, 0.2) is 47.6 Å². The Bertz CT molecular complexity index is 773. The molecular weight excluding hydrogens is 302 g/mol. The van der Waals surface area contributed by atoms with Crippen LogP contribution < -0.4 is 10.2 Å². The molecule has 23 heavy (non-hydrogen) atoms. The first-order chi connectivity index (χ1) is 11.0. The lowest BCUT2D eigenvalue weighted by molar-refractivity contribution is -0.384. The van der Waals surface area contributed by atoms with Gasteiger partial charge in [-0.1, -0.05) is 12.1 Å². The number of phenols is 1. The molecule has 0 saturated heterocycles. The molecule has 2 rings (SSSR count). The number of nitrogens with zero attached hydrogens (tertiary/aromatic N) is 2. The molecular formula is C15H13N3O5. The lowest BCUT2D eigenvalue weighted by atomic mass is 10.1. The highest BCUT2D eigenvalue weighted by atomic mass is 16.6. The van der Waals surface area contributed by atoms with Crippen LogP contribution >= 0.6 is 0 Å². The quantitative estimate of drug-likeness (QED) is 0.498. The summed E-state index contributed by atoms with van der Waals surface area (Å²) in [4.78, 5) is 22.0. The summed E-state index contributed by atoms with van der Waals surface area (Å²) in [6.07, 6.45) is 1.37. The van der Waals surface area contributed by atoms with Crippen LogP contribution in [-0.2, 0) is 0 Å². The second-order valence-electron chi connectivity index (χ2n) is 4.40. The number of nitro benzene ring substituents is 1. The number of ether oxygens (including phenoxy) is 1. The van der Waals surface area contributed by atoms with E-state index in [1.165, 1.54) is 13.3 Å². The highest BCUT2D eigenvalue weighted by Gasteiger charge is 2.16. The van der Waals surface area contributed by atoms with Crippen LogP contribution in [-0.4, -0.2) is 29.3 Å². The van der Waals surface area contributed by atoms with Crippen LogP contribution in [0.4, 0.5) is 5.69 Å². The average molecular weight is 315 g/mol. The minimum Gasteiger partial charge on any atom is -0.507 e. The molecule has 0 fully saturated rings. The van der Waals surface area contributed by atoms with E-state index in [4.69, 9.17) is 4.74 Å². The van der Waals surface area contributed by atoms with Crippen molar-refractivity contribution in [1.29, 1.82) is 0 Å². The van der Waals surface area contributed by atoms with Gasteiger partial charge in [0.15, 0.2) is 0 Å². The van der Waals surface area contributed by atoms with E-state index >= 15 is 0 Å². The topological polar surface area (TPSA) is 114 Å². The number of benzene rings is 2. The third-order valence-electron chi connectivity index (χ3n) is 2.94. The summed E-state index contributed by atoms with van der Waals surface area (Å²) in [6, 6.07) is 10.2. The highest BCUT2D eigenvalue weighted by Crippen LogP contribution is 2.22. The van der Waals surface area contributed by atoms with Gasteiger partial charge in [-0.25, -0.2) is 5.43 Å². The smallest absolute Gasteiger partial charge is 0.275 e. The minimum absolute atomic E-state index is 0.239. The van der Waals surface area contributed by atoms with Gasteiger partial charge < -0.3 is 9.84 Å². The Morgan fingerprint density at radius 3 is 2.78 bits per heavy atom. The number of hydrogen-bond donors (Lipinski definition) is 2. The second kappa shape index (κ2) is 7.03. The number of para-hydroxylation sites is 1. The fourth-order valence-electron chi connectivity index (χ4n) is 1.81. The first kappa shape index (κ1) is 16.0. The van der Waals surface area contributed by atoms with Gasteiger partial charge in [-0.2, -0.15) is 5.10 Å². The monoisotopic (exact) mass is 315 g/mol. The van der Waals surface area contributed by atoms with E-state index in [0.29, 0.717) is 11.3 Å². The number of hydrazone groups is 1. The average Bonchev–Trinajstić information content (AvgIpc) is 2.55. The molecule has 8 heteroatoms. The summed E-state index contributed by atoms with van der Waals surface area (Å²) >= 11 is 0. The van der Waals surface area contributed by atoms with Crippen molar-refractivity contribution in [3.8, 4) is 11.5 Å². The first-order valence-electron chi connectivity index (χ1n) is 6.46. The number of non-ortho nitro benzene ring substituents is 1. The summed E-state index contributed by atoms with van der Waals surface area (Å²) in [5.74, 6) is -0.568. The zero-order chi connectivity index (χ0) is 16.8. The molecule has 2 N–H and O–H groups in total. The van der Waals surface area contributed by atoms with Crippen molar-refractivity contribution in [3.05, 3.63) is 63.7 Å². The van der Waals surface area contributed by atoms with Crippen molar-refractivity contribution in [2.45, 2.75) is 0 Å². The van der Waals surface area contributed by atoms with Crippen LogP contribution in [0.5, 0.6) is 11.5 Å². The van der Waals surface area contributed by atoms with Crippen LogP contribution in [0, 0.1) is 10.1 Å². The molecule has 0 aliphatic rings. The predicted molar refractivity (Wildman–Crippen MR) is 82.8 cm³/mol. The van der Waals surface area contributed by atoms with Gasteiger partial charge in [0, 0.05) is 17.7 Å². The molecule has 0 unspecified atom stereocenters. The van der Waals surface area contributed by atoms with E-state index in [9.17, 15) is 20.0 Å². The molecule has 1 amide bonds. The van der Waals surface area contributed by atoms with Crippen molar-refractivity contribution in [2.75, 3.05) is 7.11 Å². The number of methoxy groups -OCH3 is 1. The summed E-state index contributed by atoms with van der Waals surface area (Å²) in [5.41, 5.74) is 2.29. The number of hydrogen-bond acceptors (Lipinski definition) is 6. The lowest BCUT2D eigenvalue weighted by Crippen LogP contribution is -2.18. The van der Waals surface area contributed by atoms with Crippen molar-refractivity contribution in [1.82, 2.24) is 5.43 Å². The van der Waals surface area contributed by atoms with Gasteiger partial charge in [-0.05, 0) is 18.2 Å². The van der Waals surface area contributed by atoms with Gasteiger partial charge in [0.1, 0.15) is 11.5 Å². The second-order valence-corrected chi connectivity index (χ2v) is 4.40. The standard InChI is InChI=1S/C15H13N3O5/c1-23-14-5-3-2-4-10(14)9-16-17-15(20)12-8-11(18(21)22)6-7-13(12)19/h2-9,19H,1H3,(H,17,20). The number of nitro groups is 1. The Morgan fingerprint density at radius 2 is 2.09 bits per heavy atom. The summed E-state index contributed by atoms with van der Waals surface area (Å²) in [5, 5.41) is 24.1. The van der Waals surface area contributed by atoms with Gasteiger partial charge in [-0.15, -0.1) is 0 Å². The molecule has 0 aromatic heterocycles. The number of nitrogens with one attached hydrogen (secondary N) is 1. The van der Waals surface area contributed by atoms with Gasteiger partial charge in [0.2, 0.25) is 0 Å². The van der Waals surface area contributed by atoms with Crippen LogP contribution in [0.2, 0.25) is 0 Å². The van der Waals surface area contributed by atoms with E-state index in [-0.39, 0.29) is 17.0 Å². The largest absolute Gasteiger partial charge is 0.507 e. The fraction of sp³-hybridized carbons (Fsp3) is 0.0667. The summed E-state index contributed by atoms with van der Waals surface area (Å²) in [7, 11) is 1.51. The number of amides is 1. The Labute approximate surface area is 131 Å². The maximum absolute atomic E-state index is 11.9. The summed E-state index contributed by atoms with van der Waals surface area (Å²) < 4.78 is 5.13. The van der Waals surface area contributed by atoms with E-state index in [1.807, 2.05) is 0 Å². The molecule has 0 bridgehead atoms. The Morgan fingerprint density at radius 1 is 1.35 bits per heavy atom. The molecule has 8 nitrogen and oxygen atoms in total. The molecule has 0 aliphatic carbocycles. The van der Waals surface area contributed by atoms with Gasteiger partial charge in [-0.3, -0.25) is 14.9 Å². The third kappa shape index (κ3) is 3.82. The first-order valence-corrected chi connectivity index (χ1v) is 6.46. The molecule has 0 atom stereocenters. The Balaban J connectivity index is 2.15. The van der Waals surface area contributed by atoms with E-state index in [1.54, 1.807) is 24.3 Å². The zero-order valence-corrected chi connectivity index (χ0v) is 12.1. The Hall–Kier alpha value is -3.42. The molecule has 0 spiro atoms. The Kier molecular flexibility index (Phi) is 4.88. The predicted octanol–water partition coefficient (Wildman–Crippen LogP) is 2.07. The lowest BCUT2D eigenvalue weighted by Gasteiger charge is -2.04. The third-order valence-corrected chi connectivity index (χ3v) is 2.94. The van der Waals surface area contributed by atoms with Crippen LogP contribution in [0.25, 0.3) is 0 Å². The molecule has 2 aromatic carbocycles. The number of carbonyl (C=O) groups excluding carboxylic acids is 1. The number of carbonyl (C=O) groups is 1. The minimum atomic E-state index is -0.766. The van der Waals surface area contributed by atoms with E-state index in [2.05, 4.69) is 10.5 Å². The maximum Gasteiger partial charge on any atom is 0.275 e. The summed E-state index contributed by atoms with van der Waals surface area (Å²) in [6.45, 7) is 0. The molecule has 118 valence electrons. The van der Waals surface area contributed by atoms with Crippen LogP contribution in [0.1, 0.15) is 15.9 Å². The van der Waals surface area contributed by atoms with E-state index in [0.717, 1.165) is 18.2 Å². The zero-order valence-electron chi connectivity index (χ0n) is 12.1. The molecule has 0 heterocycles. The maximum atomic E-state index is 11.9. The highest BCUT2D eigenvalue weighted by molar-refractivity contribution is 5.98. The van der Waals surface area contributed by atoms with Gasteiger partial charge in [0.05, 0.1) is 23.8 Å². The fourth-order valence-corrected chi connectivity index (χ4v) is 1.81. The van der Waals surface area contributed by atoms with Crippen molar-refractivity contribution in [3.63, 3.8) is 0 Å².